The van der Waals surface area contributed by atoms with Gasteiger partial charge in [0.25, 0.3) is 0 Å². The summed E-state index contributed by atoms with van der Waals surface area (Å²) in [6, 6.07) is 5.62. The summed E-state index contributed by atoms with van der Waals surface area (Å²) >= 11 is 6.00. The average Bonchev–Trinajstić information content (AvgIpc) is 2.82. The Morgan fingerprint density at radius 1 is 1.35 bits per heavy atom. The molecule has 94 valence electrons. The van der Waals surface area contributed by atoms with Crippen LogP contribution in [0.3, 0.4) is 0 Å². The van der Waals surface area contributed by atoms with Crippen molar-refractivity contribution >= 4 is 23.0 Å². The number of nitrogens with zero attached hydrogens (tertiary/aromatic N) is 2. The van der Waals surface area contributed by atoms with Gasteiger partial charge in [-0.1, -0.05) is 11.6 Å². The Balaban J connectivity index is 1.93. The number of hydrogen-bond donors (Lipinski definition) is 1. The third kappa shape index (κ3) is 3.27. The van der Waals surface area contributed by atoms with E-state index in [1.165, 1.54) is 25.9 Å². The third-order valence-corrected chi connectivity index (χ3v) is 3.59. The van der Waals surface area contributed by atoms with Crippen LogP contribution in [0.15, 0.2) is 18.2 Å². The molecule has 0 radical (unpaired) electrons. The van der Waals surface area contributed by atoms with E-state index in [-0.39, 0.29) is 0 Å². The van der Waals surface area contributed by atoms with E-state index in [0.29, 0.717) is 0 Å². The van der Waals surface area contributed by atoms with Crippen LogP contribution in [0.5, 0.6) is 0 Å². The summed E-state index contributed by atoms with van der Waals surface area (Å²) in [6.45, 7) is 4.56. The summed E-state index contributed by atoms with van der Waals surface area (Å²) in [5.74, 6) is 0. The van der Waals surface area contributed by atoms with Gasteiger partial charge in [-0.3, -0.25) is 0 Å². The van der Waals surface area contributed by atoms with Crippen LogP contribution in [0, 0.1) is 0 Å². The predicted octanol–water partition coefficient (Wildman–Crippen LogP) is 2.45. The Labute approximate surface area is 108 Å². The van der Waals surface area contributed by atoms with Crippen molar-refractivity contribution < 1.29 is 0 Å². The average molecular weight is 254 g/mol. The van der Waals surface area contributed by atoms with Crippen LogP contribution in [0.4, 0.5) is 11.4 Å². The van der Waals surface area contributed by atoms with Gasteiger partial charge in [-0.05, 0) is 44.1 Å². The summed E-state index contributed by atoms with van der Waals surface area (Å²) in [4.78, 5) is 4.68. The lowest BCUT2D eigenvalue weighted by Gasteiger charge is -2.24. The van der Waals surface area contributed by atoms with Gasteiger partial charge >= 0.3 is 0 Å². The lowest BCUT2D eigenvalue weighted by molar-refractivity contribution is 0.347. The molecule has 1 saturated heterocycles. The molecule has 0 aliphatic carbocycles. The van der Waals surface area contributed by atoms with E-state index < -0.39 is 0 Å². The number of likely N-dealkylation sites (N-methyl/N-ethyl adjacent to an activating group) is 1. The molecule has 3 nitrogen and oxygen atoms in total. The molecule has 0 bridgehead atoms. The molecule has 17 heavy (non-hydrogen) atoms. The van der Waals surface area contributed by atoms with Gasteiger partial charge in [-0.25, -0.2) is 0 Å². The van der Waals surface area contributed by atoms with Gasteiger partial charge in [0, 0.05) is 25.2 Å². The van der Waals surface area contributed by atoms with Crippen LogP contribution in [0.2, 0.25) is 5.02 Å². The minimum Gasteiger partial charge on any atom is -0.397 e. The molecular weight excluding hydrogens is 234 g/mol. The lowest BCUT2D eigenvalue weighted by Crippen LogP contribution is -2.31. The molecule has 0 saturated carbocycles. The Morgan fingerprint density at radius 2 is 2.06 bits per heavy atom. The molecule has 1 aliphatic rings. The summed E-state index contributed by atoms with van der Waals surface area (Å²) < 4.78 is 0. The summed E-state index contributed by atoms with van der Waals surface area (Å²) in [7, 11) is 2.07. The first-order valence-electron chi connectivity index (χ1n) is 6.15. The maximum atomic E-state index is 6.00. The summed E-state index contributed by atoms with van der Waals surface area (Å²) in [5, 5.41) is 0.738. The van der Waals surface area contributed by atoms with Crippen molar-refractivity contribution in [3.63, 3.8) is 0 Å². The topological polar surface area (TPSA) is 32.5 Å². The smallest absolute Gasteiger partial charge is 0.0612 e. The molecule has 0 aromatic heterocycles. The van der Waals surface area contributed by atoms with Crippen molar-refractivity contribution in [1.29, 1.82) is 0 Å². The normalized spacial score (nSPS) is 16.4. The number of benzene rings is 1. The zero-order valence-corrected chi connectivity index (χ0v) is 11.1. The number of halogens is 1. The molecule has 0 unspecified atom stereocenters. The summed E-state index contributed by atoms with van der Waals surface area (Å²) in [5.41, 5.74) is 7.78. The monoisotopic (exact) mass is 253 g/mol. The van der Waals surface area contributed by atoms with Gasteiger partial charge in [-0.15, -0.1) is 0 Å². The molecule has 1 aromatic rings. The van der Waals surface area contributed by atoms with Crippen LogP contribution >= 0.6 is 11.6 Å². The van der Waals surface area contributed by atoms with E-state index in [2.05, 4.69) is 16.8 Å². The Hall–Kier alpha value is -0.930. The first-order valence-corrected chi connectivity index (χ1v) is 6.53. The number of nitrogen functional groups attached to an aromatic ring is 1. The van der Waals surface area contributed by atoms with Crippen molar-refractivity contribution in [1.82, 2.24) is 4.90 Å². The lowest BCUT2D eigenvalue weighted by atomic mass is 10.2. The molecule has 0 amide bonds. The molecule has 2 rings (SSSR count). The Kier molecular flexibility index (Phi) is 4.13. The van der Waals surface area contributed by atoms with Crippen molar-refractivity contribution in [3.05, 3.63) is 23.2 Å². The van der Waals surface area contributed by atoms with Crippen LogP contribution in [0.25, 0.3) is 0 Å². The zero-order chi connectivity index (χ0) is 12.3. The van der Waals surface area contributed by atoms with Crippen molar-refractivity contribution in [2.75, 3.05) is 43.9 Å². The van der Waals surface area contributed by atoms with Crippen LogP contribution in [-0.2, 0) is 0 Å². The zero-order valence-electron chi connectivity index (χ0n) is 10.3. The van der Waals surface area contributed by atoms with Gasteiger partial charge in [0.15, 0.2) is 0 Å². The van der Waals surface area contributed by atoms with E-state index in [1.54, 1.807) is 0 Å². The van der Waals surface area contributed by atoms with E-state index in [0.717, 1.165) is 29.5 Å². The molecule has 0 atom stereocenters. The van der Waals surface area contributed by atoms with Crippen molar-refractivity contribution in [3.8, 4) is 0 Å². The van der Waals surface area contributed by atoms with E-state index in [4.69, 9.17) is 17.3 Å². The standard InChI is InChI=1S/C13H20ClN3/c1-16(8-9-17-6-2-3-7-17)13-10-11(14)4-5-12(13)15/h4-5,10H,2-3,6-9,15H2,1H3. The highest BCUT2D eigenvalue weighted by Gasteiger charge is 2.13. The quantitative estimate of drug-likeness (QED) is 0.837. The van der Waals surface area contributed by atoms with Gasteiger partial charge < -0.3 is 15.5 Å². The molecule has 0 spiro atoms. The second-order valence-corrected chi connectivity index (χ2v) is 5.11. The second kappa shape index (κ2) is 5.61. The number of nitrogens with two attached hydrogens (primary N) is 1. The molecule has 1 fully saturated rings. The Morgan fingerprint density at radius 3 is 2.76 bits per heavy atom. The second-order valence-electron chi connectivity index (χ2n) is 4.67. The maximum absolute atomic E-state index is 6.00. The predicted molar refractivity (Wildman–Crippen MR) is 74.8 cm³/mol. The fourth-order valence-electron chi connectivity index (χ4n) is 2.27. The minimum atomic E-state index is 0.738. The highest BCUT2D eigenvalue weighted by molar-refractivity contribution is 6.31. The first kappa shape index (κ1) is 12.5. The van der Waals surface area contributed by atoms with Gasteiger partial charge in [-0.2, -0.15) is 0 Å². The molecule has 1 aromatic carbocycles. The molecule has 4 heteroatoms. The summed E-state index contributed by atoms with van der Waals surface area (Å²) in [6.07, 6.45) is 2.67. The number of hydrogen-bond acceptors (Lipinski definition) is 3. The van der Waals surface area contributed by atoms with Gasteiger partial charge in [0.05, 0.1) is 11.4 Å². The highest BCUT2D eigenvalue weighted by Crippen LogP contribution is 2.25. The molecule has 1 heterocycles. The van der Waals surface area contributed by atoms with Gasteiger partial charge in [0.1, 0.15) is 0 Å². The molecule has 2 N–H and O–H groups in total. The number of anilines is 2. The Bertz CT molecular complexity index is 375. The fourth-order valence-corrected chi connectivity index (χ4v) is 2.43. The van der Waals surface area contributed by atoms with Crippen molar-refractivity contribution in [2.45, 2.75) is 12.8 Å². The van der Waals surface area contributed by atoms with Crippen LogP contribution in [0.1, 0.15) is 12.8 Å². The van der Waals surface area contributed by atoms with Crippen molar-refractivity contribution in [2.24, 2.45) is 0 Å². The SMILES string of the molecule is CN(CCN1CCCC1)c1cc(Cl)ccc1N. The highest BCUT2D eigenvalue weighted by atomic mass is 35.5. The van der Waals surface area contributed by atoms with Gasteiger partial charge in [0.2, 0.25) is 0 Å². The van der Waals surface area contributed by atoms with E-state index in [9.17, 15) is 0 Å². The van der Waals surface area contributed by atoms with E-state index in [1.807, 2.05) is 18.2 Å². The number of rotatable bonds is 4. The van der Waals surface area contributed by atoms with Crippen LogP contribution in [-0.4, -0.2) is 38.1 Å². The van der Waals surface area contributed by atoms with Crippen LogP contribution < -0.4 is 10.6 Å². The first-order chi connectivity index (χ1) is 8.16. The van der Waals surface area contributed by atoms with E-state index >= 15 is 0 Å². The number of likely N-dealkylation sites (tertiary alicyclic amines) is 1. The minimum absolute atomic E-state index is 0.738. The molecular formula is C13H20ClN3. The largest absolute Gasteiger partial charge is 0.397 e. The maximum Gasteiger partial charge on any atom is 0.0612 e. The molecule has 1 aliphatic heterocycles. The fraction of sp³-hybridized carbons (Fsp3) is 0.538. The third-order valence-electron chi connectivity index (χ3n) is 3.35.